The highest BCUT2D eigenvalue weighted by molar-refractivity contribution is 6.31. The smallest absolute Gasteiger partial charge is 0.177 e. The molecule has 1 heterocycles. The maximum absolute atomic E-state index is 12.5. The molecule has 0 fully saturated rings. The Hall–Kier alpha value is -1.87. The first-order valence-corrected chi connectivity index (χ1v) is 6.79. The van der Waals surface area contributed by atoms with E-state index in [-0.39, 0.29) is 11.6 Å². The standard InChI is InChI=1S/C16H13ClO3/c1-8-5-13(9(2)20-8)16(19)14-7-10-6-11(17)3-4-12(10)15(14)18/h3-6,14H,7H2,1-2H3. The fourth-order valence-electron chi connectivity index (χ4n) is 2.75. The summed E-state index contributed by atoms with van der Waals surface area (Å²) in [6.07, 6.45) is 0.414. The van der Waals surface area contributed by atoms with Crippen molar-refractivity contribution in [1.29, 1.82) is 0 Å². The van der Waals surface area contributed by atoms with Gasteiger partial charge in [0.15, 0.2) is 11.6 Å². The van der Waals surface area contributed by atoms with Gasteiger partial charge >= 0.3 is 0 Å². The highest BCUT2D eigenvalue weighted by Gasteiger charge is 2.37. The van der Waals surface area contributed by atoms with E-state index in [2.05, 4.69) is 0 Å². The van der Waals surface area contributed by atoms with Gasteiger partial charge in [-0.2, -0.15) is 0 Å². The fourth-order valence-corrected chi connectivity index (χ4v) is 2.94. The average Bonchev–Trinajstić information content (AvgIpc) is 2.89. The molecule has 0 radical (unpaired) electrons. The number of aryl methyl sites for hydroxylation is 2. The van der Waals surface area contributed by atoms with Crippen molar-refractivity contribution in [3.05, 3.63) is 57.5 Å². The second kappa shape index (κ2) is 4.60. The van der Waals surface area contributed by atoms with Crippen LogP contribution in [0.25, 0.3) is 0 Å². The van der Waals surface area contributed by atoms with E-state index in [0.29, 0.717) is 34.1 Å². The highest BCUT2D eigenvalue weighted by atomic mass is 35.5. The summed E-state index contributed by atoms with van der Waals surface area (Å²) in [6, 6.07) is 6.83. The molecule has 1 aliphatic rings. The van der Waals surface area contributed by atoms with E-state index in [4.69, 9.17) is 16.0 Å². The van der Waals surface area contributed by atoms with Crippen molar-refractivity contribution < 1.29 is 14.0 Å². The lowest BCUT2D eigenvalue weighted by molar-refractivity contribution is 0.0821. The molecule has 0 bridgehead atoms. The summed E-state index contributed by atoms with van der Waals surface area (Å²) < 4.78 is 5.37. The molecule has 20 heavy (non-hydrogen) atoms. The van der Waals surface area contributed by atoms with Gasteiger partial charge in [0.05, 0.1) is 11.5 Å². The van der Waals surface area contributed by atoms with E-state index >= 15 is 0 Å². The molecule has 3 nitrogen and oxygen atoms in total. The quantitative estimate of drug-likeness (QED) is 0.624. The molecular weight excluding hydrogens is 276 g/mol. The van der Waals surface area contributed by atoms with Crippen LogP contribution in [0.4, 0.5) is 0 Å². The van der Waals surface area contributed by atoms with Crippen LogP contribution < -0.4 is 0 Å². The second-order valence-electron chi connectivity index (χ2n) is 5.11. The van der Waals surface area contributed by atoms with Crippen LogP contribution in [0.1, 0.15) is 37.8 Å². The fraction of sp³-hybridized carbons (Fsp3) is 0.250. The van der Waals surface area contributed by atoms with Crippen molar-refractivity contribution in [2.45, 2.75) is 20.3 Å². The van der Waals surface area contributed by atoms with Crippen LogP contribution in [-0.2, 0) is 6.42 Å². The molecule has 0 spiro atoms. The lowest BCUT2D eigenvalue weighted by atomic mass is 9.94. The first-order valence-electron chi connectivity index (χ1n) is 6.41. The molecule has 4 heteroatoms. The summed E-state index contributed by atoms with van der Waals surface area (Å²) in [5, 5.41) is 0.583. The molecule has 1 atom stereocenters. The van der Waals surface area contributed by atoms with Gasteiger partial charge in [0.1, 0.15) is 11.5 Å². The summed E-state index contributed by atoms with van der Waals surface area (Å²) in [7, 11) is 0. The minimum Gasteiger partial charge on any atom is -0.466 e. The minimum absolute atomic E-state index is 0.125. The van der Waals surface area contributed by atoms with Crippen LogP contribution in [0.15, 0.2) is 28.7 Å². The van der Waals surface area contributed by atoms with E-state index in [1.165, 1.54) is 0 Å². The molecule has 1 aliphatic carbocycles. The second-order valence-corrected chi connectivity index (χ2v) is 5.55. The van der Waals surface area contributed by atoms with Crippen molar-refractivity contribution >= 4 is 23.2 Å². The van der Waals surface area contributed by atoms with E-state index in [1.807, 2.05) is 0 Å². The van der Waals surface area contributed by atoms with Crippen LogP contribution in [0, 0.1) is 19.8 Å². The molecule has 2 aromatic rings. The van der Waals surface area contributed by atoms with Gasteiger partial charge in [-0.05, 0) is 50.1 Å². The Kier molecular flexibility index (Phi) is 3.02. The Balaban J connectivity index is 1.96. The van der Waals surface area contributed by atoms with Crippen molar-refractivity contribution in [3.63, 3.8) is 0 Å². The van der Waals surface area contributed by atoms with Gasteiger partial charge in [-0.15, -0.1) is 0 Å². The third-order valence-corrected chi connectivity index (χ3v) is 3.93. The van der Waals surface area contributed by atoms with Gasteiger partial charge < -0.3 is 4.42 Å². The lowest BCUT2D eigenvalue weighted by Crippen LogP contribution is -2.21. The van der Waals surface area contributed by atoms with Gasteiger partial charge in [-0.3, -0.25) is 9.59 Å². The number of Topliss-reactive ketones (excluding diaryl/α,β-unsaturated/α-hetero) is 2. The van der Waals surface area contributed by atoms with Gasteiger partial charge in [-0.25, -0.2) is 0 Å². The summed E-state index contributed by atoms with van der Waals surface area (Å²) in [6.45, 7) is 3.53. The van der Waals surface area contributed by atoms with Gasteiger partial charge in [0.2, 0.25) is 0 Å². The Morgan fingerprint density at radius 3 is 2.70 bits per heavy atom. The van der Waals surface area contributed by atoms with Gasteiger partial charge in [0, 0.05) is 10.6 Å². The number of carbonyl (C=O) groups excluding carboxylic acids is 2. The first-order chi connectivity index (χ1) is 9.47. The number of carbonyl (C=O) groups is 2. The number of hydrogen-bond donors (Lipinski definition) is 0. The van der Waals surface area contributed by atoms with Crippen molar-refractivity contribution in [1.82, 2.24) is 0 Å². The van der Waals surface area contributed by atoms with Crippen molar-refractivity contribution in [2.75, 3.05) is 0 Å². The Morgan fingerprint density at radius 1 is 1.30 bits per heavy atom. The molecule has 1 unspecified atom stereocenters. The molecule has 0 N–H and O–H groups in total. The predicted molar refractivity (Wildman–Crippen MR) is 75.5 cm³/mol. The number of ketones is 2. The topological polar surface area (TPSA) is 47.3 Å². The SMILES string of the molecule is Cc1cc(C(=O)C2Cc3cc(Cl)ccc3C2=O)c(C)o1. The predicted octanol–water partition coefficient (Wildman–Crippen LogP) is 3.79. The third kappa shape index (κ3) is 1.98. The summed E-state index contributed by atoms with van der Waals surface area (Å²) in [5.74, 6) is 0.293. The summed E-state index contributed by atoms with van der Waals surface area (Å²) >= 11 is 5.93. The van der Waals surface area contributed by atoms with Crippen LogP contribution in [0.3, 0.4) is 0 Å². The Morgan fingerprint density at radius 2 is 2.05 bits per heavy atom. The highest BCUT2D eigenvalue weighted by Crippen LogP contribution is 2.32. The molecule has 1 aromatic heterocycles. The van der Waals surface area contributed by atoms with E-state index in [0.717, 1.165) is 5.56 Å². The van der Waals surface area contributed by atoms with Crippen LogP contribution in [0.2, 0.25) is 5.02 Å². The molecule has 0 amide bonds. The molecule has 1 aromatic carbocycles. The molecule has 3 rings (SSSR count). The van der Waals surface area contributed by atoms with E-state index in [9.17, 15) is 9.59 Å². The monoisotopic (exact) mass is 288 g/mol. The van der Waals surface area contributed by atoms with Crippen molar-refractivity contribution in [2.24, 2.45) is 5.92 Å². The number of halogens is 1. The van der Waals surface area contributed by atoms with Crippen LogP contribution in [-0.4, -0.2) is 11.6 Å². The molecular formula is C16H13ClO3. The zero-order valence-corrected chi connectivity index (χ0v) is 12.0. The number of rotatable bonds is 2. The van der Waals surface area contributed by atoms with Gasteiger partial charge in [0.25, 0.3) is 0 Å². The third-order valence-electron chi connectivity index (χ3n) is 3.70. The van der Waals surface area contributed by atoms with E-state index in [1.54, 1.807) is 38.1 Å². The molecule has 0 saturated carbocycles. The van der Waals surface area contributed by atoms with Gasteiger partial charge in [-0.1, -0.05) is 11.6 Å². The number of furan rings is 1. The lowest BCUT2D eigenvalue weighted by Gasteiger charge is -2.05. The summed E-state index contributed by atoms with van der Waals surface area (Å²) in [5.41, 5.74) is 1.95. The van der Waals surface area contributed by atoms with Crippen LogP contribution >= 0.6 is 11.6 Å². The first kappa shape index (κ1) is 13.1. The normalized spacial score (nSPS) is 17.4. The maximum atomic E-state index is 12.5. The largest absolute Gasteiger partial charge is 0.466 e. The molecule has 102 valence electrons. The number of benzene rings is 1. The van der Waals surface area contributed by atoms with Crippen LogP contribution in [0.5, 0.6) is 0 Å². The van der Waals surface area contributed by atoms with E-state index < -0.39 is 5.92 Å². The molecule has 0 aliphatic heterocycles. The Bertz CT molecular complexity index is 727. The van der Waals surface area contributed by atoms with Crippen molar-refractivity contribution in [3.8, 4) is 0 Å². The zero-order chi connectivity index (χ0) is 14.4. The number of fused-ring (bicyclic) bond motifs is 1. The minimum atomic E-state index is -0.654. The Labute approximate surface area is 121 Å². The zero-order valence-electron chi connectivity index (χ0n) is 11.2. The average molecular weight is 289 g/mol. The molecule has 0 saturated heterocycles. The maximum Gasteiger partial charge on any atom is 0.177 e. The number of hydrogen-bond acceptors (Lipinski definition) is 3. The summed E-state index contributed by atoms with van der Waals surface area (Å²) in [4.78, 5) is 24.9.